The number of carbonyl (C=O) groups excluding carboxylic acids is 1. The van der Waals surface area contributed by atoms with Gasteiger partial charge in [-0.1, -0.05) is 32.6 Å². The van der Waals surface area contributed by atoms with Crippen molar-refractivity contribution >= 4 is 22.8 Å². The molecule has 2 rings (SSSR count). The molecule has 2 aromatic rings. The van der Waals surface area contributed by atoms with Gasteiger partial charge < -0.3 is 25.3 Å². The number of pyridine rings is 1. The number of carbonyl (C=O) groups is 2. The summed E-state index contributed by atoms with van der Waals surface area (Å²) in [6.45, 7) is 2.06. The van der Waals surface area contributed by atoms with Crippen LogP contribution in [0.4, 0.5) is 0 Å². The number of aromatic hydroxyl groups is 1. The Morgan fingerprint density at radius 3 is 2.63 bits per heavy atom. The zero-order chi connectivity index (χ0) is 19.8. The second kappa shape index (κ2) is 9.61. The molecular weight excluding hydrogens is 352 g/mol. The van der Waals surface area contributed by atoms with Crippen LogP contribution in [0.1, 0.15) is 49.4 Å². The number of carboxylic acid groups (broad SMARTS) is 1. The maximum atomic E-state index is 12.1. The number of aromatic nitrogens is 1. The second-order valence-corrected chi connectivity index (χ2v) is 6.22. The summed E-state index contributed by atoms with van der Waals surface area (Å²) in [7, 11) is 0. The van der Waals surface area contributed by atoms with Gasteiger partial charge in [-0.2, -0.15) is 0 Å². The molecule has 0 saturated heterocycles. The minimum Gasteiger partial charge on any atom is -0.506 e. The van der Waals surface area contributed by atoms with Crippen LogP contribution in [0.15, 0.2) is 23.0 Å². The number of hydrogen-bond donors (Lipinski definition) is 4. The second-order valence-electron chi connectivity index (χ2n) is 6.22. The van der Waals surface area contributed by atoms with Gasteiger partial charge in [0.05, 0.1) is 12.1 Å². The van der Waals surface area contributed by atoms with Gasteiger partial charge in [-0.25, -0.2) is 0 Å². The zero-order valence-corrected chi connectivity index (χ0v) is 15.2. The van der Waals surface area contributed by atoms with Gasteiger partial charge in [-0.3, -0.25) is 14.4 Å². The first-order valence-electron chi connectivity index (χ1n) is 8.95. The predicted octanol–water partition coefficient (Wildman–Crippen LogP) is 2.40. The number of nitrogens with one attached hydrogen (secondary N) is 2. The van der Waals surface area contributed by atoms with Crippen molar-refractivity contribution in [2.24, 2.45) is 0 Å². The van der Waals surface area contributed by atoms with E-state index >= 15 is 0 Å². The highest BCUT2D eigenvalue weighted by atomic mass is 16.5. The van der Waals surface area contributed by atoms with Crippen LogP contribution in [0, 0.1) is 0 Å². The summed E-state index contributed by atoms with van der Waals surface area (Å²) in [4.78, 5) is 37.2. The van der Waals surface area contributed by atoms with Crippen LogP contribution in [0.5, 0.6) is 11.5 Å². The van der Waals surface area contributed by atoms with Gasteiger partial charge in [0.15, 0.2) is 0 Å². The molecule has 0 saturated carbocycles. The van der Waals surface area contributed by atoms with E-state index in [-0.39, 0.29) is 5.39 Å². The lowest BCUT2D eigenvalue weighted by molar-refractivity contribution is -0.135. The minimum absolute atomic E-state index is 0.269. The molecule has 146 valence electrons. The number of H-pyrrole nitrogens is 1. The van der Waals surface area contributed by atoms with E-state index in [4.69, 9.17) is 9.84 Å². The molecule has 1 aromatic heterocycles. The number of ether oxygens (including phenoxy) is 1. The number of fused-ring (bicyclic) bond motifs is 1. The monoisotopic (exact) mass is 376 g/mol. The van der Waals surface area contributed by atoms with E-state index in [2.05, 4.69) is 17.2 Å². The van der Waals surface area contributed by atoms with E-state index in [9.17, 15) is 19.5 Å². The lowest BCUT2D eigenvalue weighted by Gasteiger charge is -2.10. The van der Waals surface area contributed by atoms with E-state index in [1.807, 2.05) is 0 Å². The molecular formula is C19H24N2O6. The fourth-order valence-electron chi connectivity index (χ4n) is 2.70. The van der Waals surface area contributed by atoms with Gasteiger partial charge in [0.25, 0.3) is 11.5 Å². The number of carboxylic acids is 1. The van der Waals surface area contributed by atoms with Gasteiger partial charge >= 0.3 is 5.97 Å². The van der Waals surface area contributed by atoms with Gasteiger partial charge in [-0.05, 0) is 18.6 Å². The van der Waals surface area contributed by atoms with Gasteiger partial charge in [-0.15, -0.1) is 0 Å². The highest BCUT2D eigenvalue weighted by molar-refractivity contribution is 6.03. The van der Waals surface area contributed by atoms with Crippen molar-refractivity contribution < 1.29 is 24.5 Å². The largest absolute Gasteiger partial charge is 0.506 e. The maximum absolute atomic E-state index is 12.1. The quantitative estimate of drug-likeness (QED) is 0.471. The summed E-state index contributed by atoms with van der Waals surface area (Å²) >= 11 is 0. The average Bonchev–Trinajstić information content (AvgIpc) is 2.62. The third-order valence-corrected chi connectivity index (χ3v) is 4.10. The predicted molar refractivity (Wildman–Crippen MR) is 100 cm³/mol. The average molecular weight is 376 g/mol. The van der Waals surface area contributed by atoms with Gasteiger partial charge in [0.1, 0.15) is 23.6 Å². The number of benzene rings is 1. The Balaban J connectivity index is 2.13. The highest BCUT2D eigenvalue weighted by Gasteiger charge is 2.19. The van der Waals surface area contributed by atoms with Crippen LogP contribution in [0.2, 0.25) is 0 Å². The van der Waals surface area contributed by atoms with E-state index in [0.29, 0.717) is 17.9 Å². The van der Waals surface area contributed by atoms with Crippen molar-refractivity contribution in [3.05, 3.63) is 34.1 Å². The molecule has 0 aliphatic heterocycles. The Morgan fingerprint density at radius 1 is 1.19 bits per heavy atom. The Labute approximate surface area is 156 Å². The fourth-order valence-corrected chi connectivity index (χ4v) is 2.70. The Hall–Kier alpha value is -3.03. The number of rotatable bonds is 10. The number of aromatic amines is 1. The summed E-state index contributed by atoms with van der Waals surface area (Å²) in [5, 5.41) is 21.2. The number of hydrogen-bond acceptors (Lipinski definition) is 5. The highest BCUT2D eigenvalue weighted by Crippen LogP contribution is 2.28. The standard InChI is InChI=1S/C19H24N2O6/c1-2-3-4-5-6-9-27-12-7-8-13-14(10-12)21-19(26)16(17(13)24)18(25)20-11-15(22)23/h7-8,10H,2-6,9,11H2,1H3,(H,20,25)(H,22,23)(H2,21,24,26). The van der Waals surface area contributed by atoms with Crippen molar-refractivity contribution in [3.63, 3.8) is 0 Å². The number of unbranched alkanes of at least 4 members (excludes halogenated alkanes) is 4. The summed E-state index contributed by atoms with van der Waals surface area (Å²) in [5.74, 6) is -2.15. The van der Waals surface area contributed by atoms with Crippen molar-refractivity contribution in [2.45, 2.75) is 39.0 Å². The van der Waals surface area contributed by atoms with Crippen molar-refractivity contribution in [2.75, 3.05) is 13.2 Å². The van der Waals surface area contributed by atoms with E-state index < -0.39 is 35.3 Å². The molecule has 0 radical (unpaired) electrons. The number of amides is 1. The molecule has 0 bridgehead atoms. The maximum Gasteiger partial charge on any atom is 0.322 e. The smallest absolute Gasteiger partial charge is 0.322 e. The van der Waals surface area contributed by atoms with Crippen LogP contribution < -0.4 is 15.6 Å². The topological polar surface area (TPSA) is 129 Å². The van der Waals surface area contributed by atoms with Crippen molar-refractivity contribution in [1.29, 1.82) is 0 Å². The van der Waals surface area contributed by atoms with Gasteiger partial charge in [0.2, 0.25) is 0 Å². The van der Waals surface area contributed by atoms with Gasteiger partial charge in [0, 0.05) is 11.5 Å². The molecule has 0 spiro atoms. The molecule has 1 aromatic carbocycles. The molecule has 1 amide bonds. The minimum atomic E-state index is -1.25. The molecule has 1 heterocycles. The van der Waals surface area contributed by atoms with Crippen molar-refractivity contribution in [3.8, 4) is 11.5 Å². The summed E-state index contributed by atoms with van der Waals surface area (Å²) in [5.41, 5.74) is -0.997. The first-order chi connectivity index (χ1) is 12.9. The van der Waals surface area contributed by atoms with E-state index in [0.717, 1.165) is 12.8 Å². The normalized spacial score (nSPS) is 10.7. The molecule has 27 heavy (non-hydrogen) atoms. The fraction of sp³-hybridized carbons (Fsp3) is 0.421. The zero-order valence-electron chi connectivity index (χ0n) is 15.2. The molecule has 0 aliphatic rings. The Kier molecular flexibility index (Phi) is 7.22. The van der Waals surface area contributed by atoms with Crippen LogP contribution in [0.3, 0.4) is 0 Å². The number of aliphatic carboxylic acids is 1. The first kappa shape index (κ1) is 20.3. The van der Waals surface area contributed by atoms with E-state index in [1.165, 1.54) is 19.3 Å². The molecule has 0 unspecified atom stereocenters. The first-order valence-corrected chi connectivity index (χ1v) is 8.95. The molecule has 0 aliphatic carbocycles. The molecule has 8 heteroatoms. The summed E-state index contributed by atoms with van der Waals surface area (Å²) < 4.78 is 5.67. The Morgan fingerprint density at radius 2 is 1.93 bits per heavy atom. The third kappa shape index (κ3) is 5.47. The van der Waals surface area contributed by atoms with E-state index in [1.54, 1.807) is 18.2 Å². The molecule has 0 fully saturated rings. The van der Waals surface area contributed by atoms with Crippen LogP contribution >= 0.6 is 0 Å². The molecule has 4 N–H and O–H groups in total. The summed E-state index contributed by atoms with van der Waals surface area (Å²) in [6, 6.07) is 4.77. The lowest BCUT2D eigenvalue weighted by Crippen LogP contribution is -2.33. The van der Waals surface area contributed by atoms with Crippen LogP contribution in [-0.2, 0) is 4.79 Å². The molecule has 8 nitrogen and oxygen atoms in total. The molecule has 0 atom stereocenters. The van der Waals surface area contributed by atoms with Crippen LogP contribution in [0.25, 0.3) is 10.9 Å². The third-order valence-electron chi connectivity index (χ3n) is 4.10. The summed E-state index contributed by atoms with van der Waals surface area (Å²) in [6.07, 6.45) is 5.58. The van der Waals surface area contributed by atoms with Crippen molar-refractivity contribution in [1.82, 2.24) is 10.3 Å². The van der Waals surface area contributed by atoms with Crippen LogP contribution in [-0.4, -0.2) is 40.2 Å². The SMILES string of the molecule is CCCCCCCOc1ccc2c(O)c(C(=O)NCC(=O)O)c(=O)[nH]c2c1. The lowest BCUT2D eigenvalue weighted by atomic mass is 10.1. The Bertz CT molecular complexity index is 874.